The number of hydrogen-bond acceptors (Lipinski definition) is 2. The number of halogens is 1. The van der Waals surface area contributed by atoms with Crippen LogP contribution in [0, 0.1) is 3.57 Å². The summed E-state index contributed by atoms with van der Waals surface area (Å²) in [7, 11) is 0. The lowest BCUT2D eigenvalue weighted by atomic mass is 10.1. The fourth-order valence-corrected chi connectivity index (χ4v) is 2.52. The smallest absolute Gasteiger partial charge is 0.0248 e. The summed E-state index contributed by atoms with van der Waals surface area (Å²) in [6.45, 7) is 6.77. The molecule has 1 aromatic carbocycles. The zero-order chi connectivity index (χ0) is 10.7. The first-order valence-electron chi connectivity index (χ1n) is 5.45. The first-order valence-corrected chi connectivity index (χ1v) is 6.53. The van der Waals surface area contributed by atoms with Crippen LogP contribution in [0.2, 0.25) is 0 Å². The van der Waals surface area contributed by atoms with Gasteiger partial charge in [0, 0.05) is 35.8 Å². The van der Waals surface area contributed by atoms with Crippen LogP contribution in [-0.2, 0) is 6.54 Å². The molecule has 82 valence electrons. The van der Waals surface area contributed by atoms with Crippen LogP contribution < -0.4 is 5.32 Å². The van der Waals surface area contributed by atoms with Gasteiger partial charge in [-0.15, -0.1) is 0 Å². The highest BCUT2D eigenvalue weighted by Crippen LogP contribution is 2.15. The number of hydrogen-bond donors (Lipinski definition) is 1. The zero-order valence-electron chi connectivity index (χ0n) is 9.04. The minimum Gasteiger partial charge on any atom is -0.314 e. The summed E-state index contributed by atoms with van der Waals surface area (Å²) in [5, 5.41) is 3.42. The maximum Gasteiger partial charge on any atom is 0.0248 e. The van der Waals surface area contributed by atoms with E-state index >= 15 is 0 Å². The number of piperazine rings is 1. The average Bonchev–Trinajstić information content (AvgIpc) is 2.24. The Balaban J connectivity index is 2.04. The Bertz CT molecular complexity index is 327. The Morgan fingerprint density at radius 1 is 1.47 bits per heavy atom. The predicted molar refractivity (Wildman–Crippen MR) is 71.9 cm³/mol. The third-order valence-corrected chi connectivity index (χ3v) is 4.02. The molecule has 15 heavy (non-hydrogen) atoms. The first-order chi connectivity index (χ1) is 7.27. The Morgan fingerprint density at radius 2 is 2.27 bits per heavy atom. The number of nitrogens with one attached hydrogen (secondary N) is 1. The molecule has 0 unspecified atom stereocenters. The SMILES string of the molecule is C[C@@H]1CNCCN1Cc1ccccc1I. The van der Waals surface area contributed by atoms with E-state index in [4.69, 9.17) is 0 Å². The van der Waals surface area contributed by atoms with Crippen LogP contribution in [0.5, 0.6) is 0 Å². The van der Waals surface area contributed by atoms with Crippen molar-refractivity contribution in [3.63, 3.8) is 0 Å². The van der Waals surface area contributed by atoms with Crippen molar-refractivity contribution >= 4 is 22.6 Å². The maximum atomic E-state index is 3.42. The third-order valence-electron chi connectivity index (χ3n) is 2.97. The second-order valence-corrected chi connectivity index (χ2v) is 5.28. The largest absolute Gasteiger partial charge is 0.314 e. The van der Waals surface area contributed by atoms with Gasteiger partial charge in [-0.1, -0.05) is 18.2 Å². The molecule has 2 rings (SSSR count). The summed E-state index contributed by atoms with van der Waals surface area (Å²) < 4.78 is 1.38. The minimum absolute atomic E-state index is 0.648. The minimum atomic E-state index is 0.648. The lowest BCUT2D eigenvalue weighted by Gasteiger charge is -2.34. The normalized spacial score (nSPS) is 22.9. The van der Waals surface area contributed by atoms with Gasteiger partial charge in [-0.05, 0) is 41.1 Å². The Hall–Kier alpha value is -0.130. The molecule has 1 heterocycles. The predicted octanol–water partition coefficient (Wildman–Crippen LogP) is 2.08. The highest BCUT2D eigenvalue weighted by atomic mass is 127. The monoisotopic (exact) mass is 316 g/mol. The first kappa shape index (κ1) is 11.4. The van der Waals surface area contributed by atoms with Crippen LogP contribution >= 0.6 is 22.6 Å². The van der Waals surface area contributed by atoms with Crippen molar-refractivity contribution in [1.29, 1.82) is 0 Å². The van der Waals surface area contributed by atoms with Gasteiger partial charge in [0.25, 0.3) is 0 Å². The van der Waals surface area contributed by atoms with E-state index in [1.165, 1.54) is 9.13 Å². The van der Waals surface area contributed by atoms with Gasteiger partial charge in [0.1, 0.15) is 0 Å². The van der Waals surface area contributed by atoms with Gasteiger partial charge in [0.15, 0.2) is 0 Å². The van der Waals surface area contributed by atoms with E-state index in [0.29, 0.717) is 6.04 Å². The van der Waals surface area contributed by atoms with Crippen molar-refractivity contribution < 1.29 is 0 Å². The van der Waals surface area contributed by atoms with E-state index in [1.807, 2.05) is 0 Å². The fourth-order valence-electron chi connectivity index (χ4n) is 1.96. The van der Waals surface area contributed by atoms with Crippen LogP contribution in [0.4, 0.5) is 0 Å². The molecule has 0 bridgehead atoms. The summed E-state index contributed by atoms with van der Waals surface area (Å²) in [6, 6.07) is 9.30. The average molecular weight is 316 g/mol. The highest BCUT2D eigenvalue weighted by Gasteiger charge is 2.18. The van der Waals surface area contributed by atoms with Gasteiger partial charge in [0.2, 0.25) is 0 Å². The molecule has 0 aliphatic carbocycles. The van der Waals surface area contributed by atoms with Crippen LogP contribution in [0.15, 0.2) is 24.3 Å². The van der Waals surface area contributed by atoms with Crippen molar-refractivity contribution in [3.8, 4) is 0 Å². The summed E-state index contributed by atoms with van der Waals surface area (Å²) in [5.74, 6) is 0. The third kappa shape index (κ3) is 2.92. The number of rotatable bonds is 2. The Labute approximate surface area is 105 Å². The highest BCUT2D eigenvalue weighted by molar-refractivity contribution is 14.1. The van der Waals surface area contributed by atoms with E-state index in [0.717, 1.165) is 26.2 Å². The molecule has 0 saturated carbocycles. The van der Waals surface area contributed by atoms with Gasteiger partial charge >= 0.3 is 0 Å². The molecule has 0 amide bonds. The van der Waals surface area contributed by atoms with Crippen LogP contribution in [0.3, 0.4) is 0 Å². The molecule has 3 heteroatoms. The summed E-state index contributed by atoms with van der Waals surface area (Å²) in [4.78, 5) is 2.55. The zero-order valence-corrected chi connectivity index (χ0v) is 11.2. The van der Waals surface area contributed by atoms with Crippen LogP contribution in [-0.4, -0.2) is 30.6 Å². The van der Waals surface area contributed by atoms with Crippen LogP contribution in [0.25, 0.3) is 0 Å². The summed E-state index contributed by atoms with van der Waals surface area (Å²) >= 11 is 2.42. The molecule has 1 saturated heterocycles. The van der Waals surface area contributed by atoms with E-state index in [9.17, 15) is 0 Å². The summed E-state index contributed by atoms with van der Waals surface area (Å²) in [6.07, 6.45) is 0. The van der Waals surface area contributed by atoms with E-state index in [2.05, 4.69) is 64.0 Å². The molecule has 1 aliphatic rings. The fraction of sp³-hybridized carbons (Fsp3) is 0.500. The van der Waals surface area contributed by atoms with E-state index in [1.54, 1.807) is 0 Å². The molecule has 1 N–H and O–H groups in total. The Kier molecular flexibility index (Phi) is 3.99. The summed E-state index contributed by atoms with van der Waals surface area (Å²) in [5.41, 5.74) is 1.45. The van der Waals surface area contributed by atoms with Crippen molar-refractivity contribution in [2.45, 2.75) is 19.5 Å². The van der Waals surface area contributed by atoms with Gasteiger partial charge < -0.3 is 5.32 Å². The van der Waals surface area contributed by atoms with E-state index in [-0.39, 0.29) is 0 Å². The maximum absolute atomic E-state index is 3.42. The molecular weight excluding hydrogens is 299 g/mol. The number of benzene rings is 1. The lowest BCUT2D eigenvalue weighted by molar-refractivity contribution is 0.165. The molecule has 2 nitrogen and oxygen atoms in total. The quantitative estimate of drug-likeness (QED) is 0.841. The van der Waals surface area contributed by atoms with Gasteiger partial charge in [-0.25, -0.2) is 0 Å². The molecule has 0 radical (unpaired) electrons. The van der Waals surface area contributed by atoms with Gasteiger partial charge in [-0.3, -0.25) is 4.90 Å². The standard InChI is InChI=1S/C12H17IN2/c1-10-8-14-6-7-15(10)9-11-4-2-3-5-12(11)13/h2-5,10,14H,6-9H2,1H3/t10-/m1/s1. The second-order valence-electron chi connectivity index (χ2n) is 4.12. The van der Waals surface area contributed by atoms with Gasteiger partial charge in [-0.2, -0.15) is 0 Å². The molecular formula is C12H17IN2. The van der Waals surface area contributed by atoms with Crippen molar-refractivity contribution in [3.05, 3.63) is 33.4 Å². The molecule has 1 fully saturated rings. The van der Waals surface area contributed by atoms with E-state index < -0.39 is 0 Å². The van der Waals surface area contributed by atoms with Crippen molar-refractivity contribution in [2.75, 3.05) is 19.6 Å². The van der Waals surface area contributed by atoms with Crippen molar-refractivity contribution in [2.24, 2.45) is 0 Å². The topological polar surface area (TPSA) is 15.3 Å². The van der Waals surface area contributed by atoms with Crippen LogP contribution in [0.1, 0.15) is 12.5 Å². The molecule has 0 aromatic heterocycles. The molecule has 1 atom stereocenters. The molecule has 0 spiro atoms. The number of nitrogens with zero attached hydrogens (tertiary/aromatic N) is 1. The Morgan fingerprint density at radius 3 is 3.00 bits per heavy atom. The molecule has 1 aromatic rings. The van der Waals surface area contributed by atoms with Gasteiger partial charge in [0.05, 0.1) is 0 Å². The van der Waals surface area contributed by atoms with Crippen molar-refractivity contribution in [1.82, 2.24) is 10.2 Å². The molecule has 1 aliphatic heterocycles. The second kappa shape index (κ2) is 5.27. The lowest BCUT2D eigenvalue weighted by Crippen LogP contribution is -2.49.